The largest absolute Gasteiger partial charge is 0.239 e. The molecule has 2 heteroatoms. The lowest BCUT2D eigenvalue weighted by atomic mass is 9.94. The van der Waals surface area contributed by atoms with Crippen LogP contribution >= 0.6 is 0 Å². The molecule has 1 aromatic carbocycles. The van der Waals surface area contributed by atoms with Crippen molar-refractivity contribution in [3.63, 3.8) is 0 Å². The molecular weight excluding hydrogens is 160 g/mol. The van der Waals surface area contributed by atoms with E-state index in [9.17, 15) is 0 Å². The van der Waals surface area contributed by atoms with Crippen molar-refractivity contribution < 1.29 is 0 Å². The second kappa shape index (κ2) is 2.39. The average molecular weight is 168 g/mol. The highest BCUT2D eigenvalue weighted by atomic mass is 15.0. The molecule has 0 radical (unpaired) electrons. The molecule has 0 spiro atoms. The molecule has 0 bridgehead atoms. The quantitative estimate of drug-likeness (QED) is 0.566. The fourth-order valence-electron chi connectivity index (χ4n) is 1.72. The molecule has 1 aliphatic heterocycles. The number of allylic oxidation sites excluding steroid dienone is 1. The first-order chi connectivity index (χ1) is 6.43. The van der Waals surface area contributed by atoms with E-state index in [1.807, 2.05) is 0 Å². The summed E-state index contributed by atoms with van der Waals surface area (Å²) >= 11 is 0. The van der Waals surface area contributed by atoms with E-state index < -0.39 is 0 Å². The second-order valence-electron chi connectivity index (χ2n) is 3.23. The van der Waals surface area contributed by atoms with Crippen LogP contribution < -0.4 is 0 Å². The molecule has 62 valence electrons. The Kier molecular flexibility index (Phi) is 1.25. The van der Waals surface area contributed by atoms with Crippen molar-refractivity contribution in [2.24, 2.45) is 9.98 Å². The topological polar surface area (TPSA) is 24.7 Å². The van der Waals surface area contributed by atoms with Gasteiger partial charge in [0.05, 0.1) is 11.4 Å². The molecule has 1 aliphatic carbocycles. The van der Waals surface area contributed by atoms with Gasteiger partial charge in [0.2, 0.25) is 0 Å². The molecule has 2 nitrogen and oxygen atoms in total. The van der Waals surface area contributed by atoms with Crippen LogP contribution in [0, 0.1) is 0 Å². The molecular formula is C11H8N2. The summed E-state index contributed by atoms with van der Waals surface area (Å²) in [7, 11) is 0. The predicted octanol–water partition coefficient (Wildman–Crippen LogP) is 2.07. The zero-order valence-corrected chi connectivity index (χ0v) is 7.07. The van der Waals surface area contributed by atoms with Gasteiger partial charge in [-0.15, -0.1) is 0 Å². The van der Waals surface area contributed by atoms with E-state index in [1.54, 1.807) is 6.34 Å². The van der Waals surface area contributed by atoms with E-state index in [2.05, 4.69) is 40.3 Å². The summed E-state index contributed by atoms with van der Waals surface area (Å²) in [6.45, 7) is 0. The van der Waals surface area contributed by atoms with E-state index in [4.69, 9.17) is 0 Å². The number of fused-ring (bicyclic) bond motifs is 2. The Labute approximate surface area is 76.3 Å². The lowest BCUT2D eigenvalue weighted by molar-refractivity contribution is 1.27. The molecule has 0 aromatic heterocycles. The van der Waals surface area contributed by atoms with Crippen molar-refractivity contribution >= 4 is 18.1 Å². The van der Waals surface area contributed by atoms with Gasteiger partial charge in [-0.3, -0.25) is 0 Å². The number of benzene rings is 1. The van der Waals surface area contributed by atoms with Gasteiger partial charge in [0, 0.05) is 6.42 Å². The van der Waals surface area contributed by atoms with Crippen molar-refractivity contribution in [2.45, 2.75) is 6.42 Å². The molecule has 3 rings (SSSR count). The summed E-state index contributed by atoms with van der Waals surface area (Å²) in [4.78, 5) is 8.40. The first kappa shape index (κ1) is 6.78. The maximum atomic E-state index is 4.21. The minimum absolute atomic E-state index is 0.919. The van der Waals surface area contributed by atoms with Crippen molar-refractivity contribution in [1.82, 2.24) is 0 Å². The van der Waals surface area contributed by atoms with Gasteiger partial charge in [-0.25, -0.2) is 9.98 Å². The predicted molar refractivity (Wildman–Crippen MR) is 54.1 cm³/mol. The van der Waals surface area contributed by atoms with Crippen molar-refractivity contribution in [3.05, 3.63) is 41.1 Å². The number of nitrogens with zero attached hydrogens (tertiary/aromatic N) is 2. The van der Waals surface area contributed by atoms with Crippen LogP contribution in [0.1, 0.15) is 11.1 Å². The summed E-state index contributed by atoms with van der Waals surface area (Å²) in [6.07, 6.45) is 4.65. The molecule has 2 aliphatic rings. The molecule has 0 atom stereocenters. The van der Waals surface area contributed by atoms with Gasteiger partial charge in [0.15, 0.2) is 0 Å². The lowest BCUT2D eigenvalue weighted by Crippen LogP contribution is -2.08. The van der Waals surface area contributed by atoms with Crippen molar-refractivity contribution in [3.8, 4) is 0 Å². The Morgan fingerprint density at radius 1 is 1.15 bits per heavy atom. The molecule has 0 amide bonds. The Bertz CT molecular complexity index is 453. The monoisotopic (exact) mass is 168 g/mol. The normalized spacial score (nSPS) is 17.5. The van der Waals surface area contributed by atoms with Gasteiger partial charge in [-0.1, -0.05) is 24.3 Å². The highest BCUT2D eigenvalue weighted by molar-refractivity contribution is 6.13. The number of hydrogen-bond donors (Lipinski definition) is 0. The molecule has 1 heterocycles. The van der Waals surface area contributed by atoms with E-state index in [-0.39, 0.29) is 0 Å². The van der Waals surface area contributed by atoms with Crippen LogP contribution in [0.4, 0.5) is 0 Å². The van der Waals surface area contributed by atoms with Gasteiger partial charge in [-0.05, 0) is 17.2 Å². The third-order valence-corrected chi connectivity index (χ3v) is 2.41. The maximum Gasteiger partial charge on any atom is 0.116 e. The van der Waals surface area contributed by atoms with E-state index in [0.29, 0.717) is 0 Å². The number of hydrogen-bond acceptors (Lipinski definition) is 2. The lowest BCUT2D eigenvalue weighted by Gasteiger charge is -2.12. The SMILES string of the molecule is C1=NC2=Cc3ccccc3CC2=N1. The maximum absolute atomic E-state index is 4.21. The Hall–Kier alpha value is -1.70. The van der Waals surface area contributed by atoms with Crippen LogP contribution in [0.2, 0.25) is 0 Å². The zero-order valence-electron chi connectivity index (χ0n) is 7.07. The van der Waals surface area contributed by atoms with E-state index in [0.717, 1.165) is 17.8 Å². The fourth-order valence-corrected chi connectivity index (χ4v) is 1.72. The minimum Gasteiger partial charge on any atom is -0.239 e. The van der Waals surface area contributed by atoms with Crippen LogP contribution in [0.15, 0.2) is 39.9 Å². The molecule has 0 fully saturated rings. The Morgan fingerprint density at radius 3 is 3.08 bits per heavy atom. The van der Waals surface area contributed by atoms with Crippen LogP contribution in [0.3, 0.4) is 0 Å². The summed E-state index contributed by atoms with van der Waals surface area (Å²) < 4.78 is 0. The summed E-state index contributed by atoms with van der Waals surface area (Å²) in [5.74, 6) is 0. The first-order valence-electron chi connectivity index (χ1n) is 4.33. The van der Waals surface area contributed by atoms with Crippen LogP contribution in [0.5, 0.6) is 0 Å². The van der Waals surface area contributed by atoms with Gasteiger partial charge in [0.1, 0.15) is 6.34 Å². The Balaban J connectivity index is 2.21. The second-order valence-corrected chi connectivity index (χ2v) is 3.23. The third kappa shape index (κ3) is 0.952. The smallest absolute Gasteiger partial charge is 0.116 e. The molecule has 0 saturated carbocycles. The molecule has 13 heavy (non-hydrogen) atoms. The van der Waals surface area contributed by atoms with Gasteiger partial charge < -0.3 is 0 Å². The molecule has 0 unspecified atom stereocenters. The van der Waals surface area contributed by atoms with Crippen molar-refractivity contribution in [1.29, 1.82) is 0 Å². The zero-order chi connectivity index (χ0) is 8.67. The summed E-state index contributed by atoms with van der Waals surface area (Å²) in [5.41, 5.74) is 4.74. The third-order valence-electron chi connectivity index (χ3n) is 2.41. The van der Waals surface area contributed by atoms with E-state index in [1.165, 1.54) is 11.1 Å². The average Bonchev–Trinajstić information content (AvgIpc) is 2.61. The highest BCUT2D eigenvalue weighted by Gasteiger charge is 2.17. The number of rotatable bonds is 0. The number of aliphatic imine (C=N–C) groups is 2. The first-order valence-corrected chi connectivity index (χ1v) is 4.33. The summed E-state index contributed by atoms with van der Waals surface area (Å²) in [5, 5.41) is 0. The van der Waals surface area contributed by atoms with Crippen LogP contribution in [-0.4, -0.2) is 12.1 Å². The highest BCUT2D eigenvalue weighted by Crippen LogP contribution is 2.24. The Morgan fingerprint density at radius 2 is 2.08 bits per heavy atom. The minimum atomic E-state index is 0.919. The van der Waals surface area contributed by atoms with E-state index >= 15 is 0 Å². The molecule has 1 aromatic rings. The van der Waals surface area contributed by atoms with Crippen LogP contribution in [0.25, 0.3) is 6.08 Å². The van der Waals surface area contributed by atoms with Gasteiger partial charge in [-0.2, -0.15) is 0 Å². The summed E-state index contributed by atoms with van der Waals surface area (Å²) in [6, 6.07) is 8.38. The van der Waals surface area contributed by atoms with Crippen LogP contribution in [-0.2, 0) is 6.42 Å². The van der Waals surface area contributed by atoms with Gasteiger partial charge in [0.25, 0.3) is 0 Å². The van der Waals surface area contributed by atoms with Crippen molar-refractivity contribution in [2.75, 3.05) is 0 Å². The molecule has 0 saturated heterocycles. The fraction of sp³-hybridized carbons (Fsp3) is 0.0909. The standard InChI is InChI=1S/C11H8N2/c1-2-4-9-6-11-10(12-7-13-11)5-8(9)3-1/h1-5,7H,6H2. The molecule has 0 N–H and O–H groups in total. The van der Waals surface area contributed by atoms with Gasteiger partial charge >= 0.3 is 0 Å².